The fourth-order valence-corrected chi connectivity index (χ4v) is 3.55. The van der Waals surface area contributed by atoms with E-state index in [0.717, 1.165) is 25.0 Å². The third-order valence-corrected chi connectivity index (χ3v) is 4.81. The van der Waals surface area contributed by atoms with Crippen LogP contribution in [-0.4, -0.2) is 60.6 Å². The maximum atomic E-state index is 12.5. The van der Waals surface area contributed by atoms with Gasteiger partial charge in [-0.25, -0.2) is 9.59 Å². The van der Waals surface area contributed by atoms with E-state index in [4.69, 9.17) is 9.47 Å². The summed E-state index contributed by atoms with van der Waals surface area (Å²) in [5, 5.41) is 9.99. The summed E-state index contributed by atoms with van der Waals surface area (Å²) in [6.45, 7) is 10.9. The molecule has 0 bridgehead atoms. The summed E-state index contributed by atoms with van der Waals surface area (Å²) in [6, 6.07) is 6.66. The molecule has 1 fully saturated rings. The van der Waals surface area contributed by atoms with E-state index in [1.54, 1.807) is 46.0 Å². The molecule has 1 saturated heterocycles. The van der Waals surface area contributed by atoms with Gasteiger partial charge in [-0.1, -0.05) is 12.1 Å². The Bertz CT molecular complexity index is 695. The van der Waals surface area contributed by atoms with Crippen molar-refractivity contribution in [3.63, 3.8) is 0 Å². The van der Waals surface area contributed by atoms with E-state index < -0.39 is 23.8 Å². The highest BCUT2D eigenvalue weighted by atomic mass is 16.6. The third-order valence-electron chi connectivity index (χ3n) is 4.81. The Hall–Kier alpha value is -2.28. The first kappa shape index (κ1) is 23.0. The van der Waals surface area contributed by atoms with Crippen molar-refractivity contribution in [2.45, 2.75) is 51.7 Å². The highest BCUT2D eigenvalue weighted by molar-refractivity contribution is 5.87. The van der Waals surface area contributed by atoms with Gasteiger partial charge in [0.15, 0.2) is 0 Å². The monoisotopic (exact) mass is 405 g/mol. The highest BCUT2D eigenvalue weighted by Gasteiger charge is 2.32. The van der Waals surface area contributed by atoms with Crippen LogP contribution in [0.3, 0.4) is 0 Å². The first-order valence-electron chi connectivity index (χ1n) is 10.0. The number of carbonyl (C=O) groups excluding carboxylic acids is 1. The molecule has 7 heteroatoms. The SMILES string of the molecule is [CH2]c1cccc(N(C(=O)O)C(C[C@H]2CCCOC2)CN(C)C(=O)OC(C)(C)C)c1. The van der Waals surface area contributed by atoms with Crippen molar-refractivity contribution in [2.24, 2.45) is 5.92 Å². The van der Waals surface area contributed by atoms with Gasteiger partial charge in [0.05, 0.1) is 6.04 Å². The predicted octanol–water partition coefficient (Wildman–Crippen LogP) is 4.41. The number of hydrogen-bond acceptors (Lipinski definition) is 4. The van der Waals surface area contributed by atoms with Gasteiger partial charge in [-0.3, -0.25) is 4.90 Å². The molecule has 1 aliphatic rings. The van der Waals surface area contributed by atoms with Gasteiger partial charge >= 0.3 is 12.2 Å². The number of amides is 2. The van der Waals surface area contributed by atoms with E-state index in [0.29, 0.717) is 18.7 Å². The number of likely N-dealkylation sites (N-methyl/N-ethyl adjacent to an activating group) is 1. The molecule has 0 aliphatic carbocycles. The van der Waals surface area contributed by atoms with Gasteiger partial charge in [0.25, 0.3) is 0 Å². The molecule has 1 aromatic rings. The first-order chi connectivity index (χ1) is 13.6. The van der Waals surface area contributed by atoms with Crippen LogP contribution in [0.25, 0.3) is 0 Å². The normalized spacial score (nSPS) is 18.0. The number of carbonyl (C=O) groups is 2. The number of carboxylic acid groups (broad SMARTS) is 1. The van der Waals surface area contributed by atoms with Crippen molar-refractivity contribution in [1.82, 2.24) is 4.90 Å². The zero-order valence-electron chi connectivity index (χ0n) is 17.9. The lowest BCUT2D eigenvalue weighted by atomic mass is 9.93. The van der Waals surface area contributed by atoms with Crippen LogP contribution in [0.15, 0.2) is 24.3 Å². The van der Waals surface area contributed by atoms with E-state index >= 15 is 0 Å². The molecular formula is C22H33N2O5. The van der Waals surface area contributed by atoms with Gasteiger partial charge in [0.1, 0.15) is 5.60 Å². The van der Waals surface area contributed by atoms with Crippen molar-refractivity contribution in [3.05, 3.63) is 36.8 Å². The molecule has 7 nitrogen and oxygen atoms in total. The van der Waals surface area contributed by atoms with Crippen LogP contribution in [0, 0.1) is 12.8 Å². The predicted molar refractivity (Wildman–Crippen MR) is 112 cm³/mol. The minimum absolute atomic E-state index is 0.221. The van der Waals surface area contributed by atoms with E-state index in [9.17, 15) is 14.7 Å². The van der Waals surface area contributed by atoms with Gasteiger partial charge in [0.2, 0.25) is 0 Å². The molecule has 0 spiro atoms. The summed E-state index contributed by atoms with van der Waals surface area (Å²) < 4.78 is 11.0. The second-order valence-corrected chi connectivity index (χ2v) is 8.66. The Morgan fingerprint density at radius 2 is 2.10 bits per heavy atom. The van der Waals surface area contributed by atoms with Gasteiger partial charge in [-0.05, 0) is 70.6 Å². The molecule has 29 heavy (non-hydrogen) atoms. The molecule has 1 radical (unpaired) electrons. The maximum absolute atomic E-state index is 12.5. The summed E-state index contributed by atoms with van der Waals surface area (Å²) in [7, 11) is 1.64. The Kier molecular flexibility index (Phi) is 7.90. The van der Waals surface area contributed by atoms with Crippen LogP contribution in [0.4, 0.5) is 15.3 Å². The van der Waals surface area contributed by atoms with Gasteiger partial charge in [-0.2, -0.15) is 0 Å². The zero-order valence-corrected chi connectivity index (χ0v) is 17.9. The maximum Gasteiger partial charge on any atom is 0.412 e. The number of anilines is 1. The van der Waals surface area contributed by atoms with E-state index in [-0.39, 0.29) is 12.5 Å². The zero-order chi connectivity index (χ0) is 21.6. The second kappa shape index (κ2) is 9.96. The van der Waals surface area contributed by atoms with Crippen LogP contribution >= 0.6 is 0 Å². The molecule has 0 saturated carbocycles. The second-order valence-electron chi connectivity index (χ2n) is 8.66. The molecule has 161 valence electrons. The Labute approximate surface area is 173 Å². The van der Waals surface area contributed by atoms with Crippen molar-refractivity contribution < 1.29 is 24.2 Å². The van der Waals surface area contributed by atoms with Crippen LogP contribution in [0.5, 0.6) is 0 Å². The summed E-state index contributed by atoms with van der Waals surface area (Å²) in [5.41, 5.74) is 0.658. The molecule has 1 aliphatic heterocycles. The summed E-state index contributed by atoms with van der Waals surface area (Å²) in [6.07, 6.45) is 1.00. The minimum Gasteiger partial charge on any atom is -0.465 e. The smallest absolute Gasteiger partial charge is 0.412 e. The number of nitrogens with zero attached hydrogens (tertiary/aromatic N) is 2. The van der Waals surface area contributed by atoms with E-state index in [1.807, 2.05) is 6.07 Å². The lowest BCUT2D eigenvalue weighted by Crippen LogP contribution is -2.49. The molecule has 1 aromatic carbocycles. The third kappa shape index (κ3) is 7.24. The Balaban J connectivity index is 2.26. The molecule has 2 atom stereocenters. The number of benzene rings is 1. The molecule has 2 amide bonds. The summed E-state index contributed by atoms with van der Waals surface area (Å²) in [5.74, 6) is 0.241. The van der Waals surface area contributed by atoms with E-state index in [1.165, 1.54) is 9.80 Å². The topological polar surface area (TPSA) is 79.3 Å². The molecule has 0 aromatic heterocycles. The van der Waals surface area contributed by atoms with Gasteiger partial charge in [-0.15, -0.1) is 0 Å². The summed E-state index contributed by atoms with van der Waals surface area (Å²) >= 11 is 0. The number of rotatable bonds is 6. The lowest BCUT2D eigenvalue weighted by Gasteiger charge is -2.36. The lowest BCUT2D eigenvalue weighted by molar-refractivity contribution is 0.0258. The standard InChI is InChI=1S/C22H33N2O5/c1-16-8-6-10-18(12-16)24(20(25)26)19(13-17-9-7-11-28-15-17)14-23(5)21(27)29-22(2,3)4/h6,8,10,12,17,19H,1,7,9,11,13-15H2,2-5H3,(H,25,26)/t17-,19?/m1/s1. The van der Waals surface area contributed by atoms with Crippen molar-refractivity contribution in [1.29, 1.82) is 0 Å². The summed E-state index contributed by atoms with van der Waals surface area (Å²) in [4.78, 5) is 27.5. The first-order valence-corrected chi connectivity index (χ1v) is 10.0. The van der Waals surface area contributed by atoms with Crippen LogP contribution in [-0.2, 0) is 9.47 Å². The molecular weight excluding hydrogens is 372 g/mol. The van der Waals surface area contributed by atoms with Crippen LogP contribution in [0.2, 0.25) is 0 Å². The number of ether oxygens (including phenoxy) is 2. The molecule has 1 N–H and O–H groups in total. The molecule has 2 rings (SSSR count). The quantitative estimate of drug-likeness (QED) is 0.759. The fraction of sp³-hybridized carbons (Fsp3) is 0.591. The fourth-order valence-electron chi connectivity index (χ4n) is 3.55. The minimum atomic E-state index is -1.06. The Morgan fingerprint density at radius 3 is 2.66 bits per heavy atom. The molecule has 1 unspecified atom stereocenters. The average Bonchev–Trinajstić information content (AvgIpc) is 2.61. The van der Waals surface area contributed by atoms with Crippen molar-refractivity contribution >= 4 is 17.9 Å². The van der Waals surface area contributed by atoms with Crippen LogP contribution < -0.4 is 4.90 Å². The molecule has 1 heterocycles. The van der Waals surface area contributed by atoms with E-state index in [2.05, 4.69) is 6.92 Å². The van der Waals surface area contributed by atoms with Gasteiger partial charge < -0.3 is 19.5 Å². The van der Waals surface area contributed by atoms with Crippen molar-refractivity contribution in [2.75, 3.05) is 31.7 Å². The highest BCUT2D eigenvalue weighted by Crippen LogP contribution is 2.27. The number of hydrogen-bond donors (Lipinski definition) is 1. The van der Waals surface area contributed by atoms with Crippen molar-refractivity contribution in [3.8, 4) is 0 Å². The van der Waals surface area contributed by atoms with Crippen LogP contribution in [0.1, 0.15) is 45.6 Å². The van der Waals surface area contributed by atoms with Gasteiger partial charge in [0, 0.05) is 32.5 Å². The average molecular weight is 406 g/mol. The largest absolute Gasteiger partial charge is 0.465 e. The Morgan fingerprint density at radius 1 is 1.38 bits per heavy atom.